The Morgan fingerprint density at radius 2 is 2.15 bits per heavy atom. The first-order valence-electron chi connectivity index (χ1n) is 6.08. The predicted molar refractivity (Wildman–Crippen MR) is 70.6 cm³/mol. The molecule has 1 heterocycles. The minimum absolute atomic E-state index is 0.101. The molecule has 0 spiro atoms. The summed E-state index contributed by atoms with van der Waals surface area (Å²) in [7, 11) is 1.30. The highest BCUT2D eigenvalue weighted by molar-refractivity contribution is 5.95. The smallest absolute Gasteiger partial charge is 0.293 e. The molecule has 8 heteroatoms. The van der Waals surface area contributed by atoms with Gasteiger partial charge in [-0.15, -0.1) is 0 Å². The summed E-state index contributed by atoms with van der Waals surface area (Å²) in [6, 6.07) is 4.36. The number of hydroxylamine groups is 1. The molecule has 1 aromatic rings. The second-order valence-electron chi connectivity index (χ2n) is 4.20. The van der Waals surface area contributed by atoms with Gasteiger partial charge >= 0.3 is 0 Å². The maximum absolute atomic E-state index is 11.6. The molecule has 1 aliphatic rings. The summed E-state index contributed by atoms with van der Waals surface area (Å²) in [6.07, 6.45) is 0. The number of nitro benzene ring substituents is 1. The zero-order chi connectivity index (χ0) is 14.5. The number of anilines is 1. The van der Waals surface area contributed by atoms with Gasteiger partial charge in [0.15, 0.2) is 0 Å². The third-order valence-corrected chi connectivity index (χ3v) is 2.98. The van der Waals surface area contributed by atoms with Crippen LogP contribution >= 0.6 is 0 Å². The van der Waals surface area contributed by atoms with Crippen molar-refractivity contribution in [2.24, 2.45) is 0 Å². The fraction of sp³-hybridized carbons (Fsp3) is 0.417. The van der Waals surface area contributed by atoms with E-state index in [2.05, 4.69) is 10.3 Å². The van der Waals surface area contributed by atoms with E-state index in [4.69, 9.17) is 4.74 Å². The molecule has 1 N–H and O–H groups in total. The average molecular weight is 281 g/mol. The Labute approximate surface area is 115 Å². The van der Waals surface area contributed by atoms with Crippen molar-refractivity contribution in [1.29, 1.82) is 0 Å². The number of carbonyl (C=O) groups excluding carboxylic acids is 1. The SMILES string of the molecule is CONC(=O)c1ccc(N2CCOCC2)c([N+](=O)[O-])c1. The van der Waals surface area contributed by atoms with E-state index in [1.54, 1.807) is 6.07 Å². The molecule has 0 saturated carbocycles. The Morgan fingerprint density at radius 3 is 2.75 bits per heavy atom. The standard InChI is InChI=1S/C12H15N3O5/c1-19-13-12(16)9-2-3-10(11(8-9)15(17)18)14-4-6-20-7-5-14/h2-3,8H,4-7H2,1H3,(H,13,16). The number of morpholine rings is 1. The van der Waals surface area contributed by atoms with E-state index in [1.807, 2.05) is 4.90 Å². The lowest BCUT2D eigenvalue weighted by Crippen LogP contribution is -2.36. The van der Waals surface area contributed by atoms with Crippen LogP contribution in [0.25, 0.3) is 0 Å². The molecule has 0 atom stereocenters. The Hall–Kier alpha value is -2.19. The summed E-state index contributed by atoms with van der Waals surface area (Å²) in [5.74, 6) is -0.524. The molecule has 1 fully saturated rings. The summed E-state index contributed by atoms with van der Waals surface area (Å²) in [6.45, 7) is 2.24. The van der Waals surface area contributed by atoms with Gasteiger partial charge in [-0.1, -0.05) is 0 Å². The van der Waals surface area contributed by atoms with Crippen LogP contribution in [0.3, 0.4) is 0 Å². The molecule has 1 aromatic carbocycles. The average Bonchev–Trinajstić information content (AvgIpc) is 2.47. The van der Waals surface area contributed by atoms with Gasteiger partial charge in [0.25, 0.3) is 11.6 Å². The predicted octanol–water partition coefficient (Wildman–Crippen LogP) is 0.723. The van der Waals surface area contributed by atoms with Crippen LogP contribution < -0.4 is 10.4 Å². The summed E-state index contributed by atoms with van der Waals surface area (Å²) in [5, 5.41) is 11.2. The van der Waals surface area contributed by atoms with Crippen molar-refractivity contribution in [1.82, 2.24) is 5.48 Å². The van der Waals surface area contributed by atoms with Crippen molar-refractivity contribution >= 4 is 17.3 Å². The van der Waals surface area contributed by atoms with Crippen LogP contribution in [0.5, 0.6) is 0 Å². The highest BCUT2D eigenvalue weighted by Gasteiger charge is 2.23. The van der Waals surface area contributed by atoms with Crippen LogP contribution in [0.15, 0.2) is 18.2 Å². The lowest BCUT2D eigenvalue weighted by atomic mass is 10.1. The molecule has 108 valence electrons. The van der Waals surface area contributed by atoms with E-state index in [0.717, 1.165) is 0 Å². The topological polar surface area (TPSA) is 93.9 Å². The number of benzene rings is 1. The minimum Gasteiger partial charge on any atom is -0.378 e. The van der Waals surface area contributed by atoms with Gasteiger partial charge in [-0.25, -0.2) is 5.48 Å². The fourth-order valence-electron chi connectivity index (χ4n) is 2.03. The number of hydrogen-bond acceptors (Lipinski definition) is 6. The summed E-state index contributed by atoms with van der Waals surface area (Å²) < 4.78 is 5.22. The molecule has 0 aliphatic carbocycles. The van der Waals surface area contributed by atoms with Gasteiger partial charge in [-0.3, -0.25) is 19.7 Å². The van der Waals surface area contributed by atoms with Gasteiger partial charge < -0.3 is 9.64 Å². The lowest BCUT2D eigenvalue weighted by Gasteiger charge is -2.28. The first-order chi connectivity index (χ1) is 9.63. The number of ether oxygens (including phenoxy) is 1. The van der Waals surface area contributed by atoms with Crippen LogP contribution in [0, 0.1) is 10.1 Å². The zero-order valence-corrected chi connectivity index (χ0v) is 11.0. The summed E-state index contributed by atoms with van der Waals surface area (Å²) >= 11 is 0. The first kappa shape index (κ1) is 14.2. The number of amides is 1. The molecule has 8 nitrogen and oxygen atoms in total. The van der Waals surface area contributed by atoms with Crippen molar-refractivity contribution < 1.29 is 19.3 Å². The Bertz CT molecular complexity index is 514. The maximum atomic E-state index is 11.6. The van der Waals surface area contributed by atoms with Crippen LogP contribution in [-0.4, -0.2) is 44.2 Å². The normalized spacial score (nSPS) is 14.9. The third-order valence-electron chi connectivity index (χ3n) is 2.98. The molecule has 1 aliphatic heterocycles. The number of hydrogen-bond donors (Lipinski definition) is 1. The van der Waals surface area contributed by atoms with E-state index < -0.39 is 10.8 Å². The van der Waals surface area contributed by atoms with Gasteiger partial charge in [0.1, 0.15) is 5.69 Å². The largest absolute Gasteiger partial charge is 0.378 e. The number of carbonyl (C=O) groups is 1. The van der Waals surface area contributed by atoms with E-state index in [9.17, 15) is 14.9 Å². The van der Waals surface area contributed by atoms with Gasteiger partial charge in [0.2, 0.25) is 0 Å². The minimum atomic E-state index is -0.524. The van der Waals surface area contributed by atoms with E-state index in [-0.39, 0.29) is 11.3 Å². The van der Waals surface area contributed by atoms with Crippen molar-refractivity contribution in [3.8, 4) is 0 Å². The molecule has 1 amide bonds. The van der Waals surface area contributed by atoms with Gasteiger partial charge in [0, 0.05) is 24.7 Å². The lowest BCUT2D eigenvalue weighted by molar-refractivity contribution is -0.384. The molecule has 20 heavy (non-hydrogen) atoms. The Balaban J connectivity index is 2.32. The van der Waals surface area contributed by atoms with Gasteiger partial charge in [0.05, 0.1) is 25.2 Å². The Morgan fingerprint density at radius 1 is 1.45 bits per heavy atom. The molecule has 1 saturated heterocycles. The van der Waals surface area contributed by atoms with Crippen LogP contribution in [0.2, 0.25) is 0 Å². The second kappa shape index (κ2) is 6.31. The van der Waals surface area contributed by atoms with Gasteiger partial charge in [-0.05, 0) is 12.1 Å². The van der Waals surface area contributed by atoms with Crippen LogP contribution in [0.1, 0.15) is 10.4 Å². The quantitative estimate of drug-likeness (QED) is 0.645. The van der Waals surface area contributed by atoms with Crippen molar-refractivity contribution in [3.63, 3.8) is 0 Å². The Kier molecular flexibility index (Phi) is 4.49. The third kappa shape index (κ3) is 3.03. The molecule has 0 radical (unpaired) electrons. The highest BCUT2D eigenvalue weighted by Crippen LogP contribution is 2.29. The molecule has 2 rings (SSSR count). The van der Waals surface area contributed by atoms with Crippen molar-refractivity contribution in [2.75, 3.05) is 38.3 Å². The van der Waals surface area contributed by atoms with Gasteiger partial charge in [-0.2, -0.15) is 0 Å². The van der Waals surface area contributed by atoms with Crippen molar-refractivity contribution in [2.45, 2.75) is 0 Å². The van der Waals surface area contributed by atoms with E-state index in [1.165, 1.54) is 19.2 Å². The molecular formula is C12H15N3O5. The molecule has 0 aromatic heterocycles. The summed E-state index contributed by atoms with van der Waals surface area (Å²) in [5.41, 5.74) is 2.70. The summed E-state index contributed by atoms with van der Waals surface area (Å²) in [4.78, 5) is 28.7. The number of nitrogens with one attached hydrogen (secondary N) is 1. The van der Waals surface area contributed by atoms with E-state index >= 15 is 0 Å². The second-order valence-corrected chi connectivity index (χ2v) is 4.20. The molecular weight excluding hydrogens is 266 g/mol. The van der Waals surface area contributed by atoms with Crippen LogP contribution in [0.4, 0.5) is 11.4 Å². The number of nitrogens with zero attached hydrogens (tertiary/aromatic N) is 2. The fourth-order valence-corrected chi connectivity index (χ4v) is 2.03. The molecule has 0 unspecified atom stereocenters. The number of rotatable bonds is 4. The van der Waals surface area contributed by atoms with Crippen LogP contribution in [-0.2, 0) is 9.57 Å². The van der Waals surface area contributed by atoms with E-state index in [0.29, 0.717) is 32.0 Å². The molecule has 0 bridgehead atoms. The maximum Gasteiger partial charge on any atom is 0.293 e. The number of nitro groups is 1. The highest BCUT2D eigenvalue weighted by atomic mass is 16.6. The first-order valence-corrected chi connectivity index (χ1v) is 6.08. The van der Waals surface area contributed by atoms with Crippen molar-refractivity contribution in [3.05, 3.63) is 33.9 Å². The zero-order valence-electron chi connectivity index (χ0n) is 11.0. The monoisotopic (exact) mass is 281 g/mol.